The van der Waals surface area contributed by atoms with Crippen LogP contribution in [0.2, 0.25) is 0 Å². The summed E-state index contributed by atoms with van der Waals surface area (Å²) >= 11 is 1.44. The SMILES string of the molecule is CCOC(=O)c1[nH]cc2c1NC1=C(C(=O)CC(C)(C)C1)C2c1ccc(SC2=NC3C=CC=CC3N2)o1. The summed E-state index contributed by atoms with van der Waals surface area (Å²) in [5.74, 6) is -0.0917. The number of aromatic amines is 1. The number of ketones is 1. The number of amidine groups is 1. The van der Waals surface area contributed by atoms with Crippen LogP contribution in [0, 0.1) is 5.41 Å². The van der Waals surface area contributed by atoms with E-state index in [0.29, 0.717) is 40.6 Å². The van der Waals surface area contributed by atoms with E-state index in [4.69, 9.17) is 14.1 Å². The smallest absolute Gasteiger partial charge is 0.356 e. The molecule has 0 bridgehead atoms. The van der Waals surface area contributed by atoms with Gasteiger partial charge in [0, 0.05) is 29.5 Å². The van der Waals surface area contributed by atoms with Crippen molar-refractivity contribution in [2.75, 3.05) is 11.9 Å². The number of hydrogen-bond donors (Lipinski definition) is 3. The van der Waals surface area contributed by atoms with Crippen LogP contribution >= 0.6 is 11.8 Å². The Hall–Kier alpha value is -3.46. The second-order valence-corrected chi connectivity index (χ2v) is 11.2. The Morgan fingerprint density at radius 1 is 1.25 bits per heavy atom. The van der Waals surface area contributed by atoms with Gasteiger partial charge in [-0.25, -0.2) is 4.79 Å². The minimum atomic E-state index is -0.430. The molecule has 3 unspecified atom stereocenters. The summed E-state index contributed by atoms with van der Waals surface area (Å²) in [6.45, 7) is 6.23. The first-order valence-electron chi connectivity index (χ1n) is 12.2. The van der Waals surface area contributed by atoms with Crippen molar-refractivity contribution in [3.8, 4) is 0 Å². The standard InChI is InChI=1S/C27H28N4O4S/c1-4-34-25(33)24-23-14(13-28-24)21(22-17(29-23)11-27(2,3)12-18(22)32)19-9-10-20(35-19)36-26-30-15-7-5-6-8-16(15)31-26/h5-10,13,15-16,21,28-29H,4,11-12H2,1-3H3,(H,30,31). The van der Waals surface area contributed by atoms with Crippen molar-refractivity contribution in [1.82, 2.24) is 10.3 Å². The fraction of sp³-hybridized carbons (Fsp3) is 0.370. The van der Waals surface area contributed by atoms with Gasteiger partial charge in [-0.05, 0) is 42.7 Å². The van der Waals surface area contributed by atoms with E-state index in [1.54, 1.807) is 13.1 Å². The molecule has 6 rings (SSSR count). The van der Waals surface area contributed by atoms with Gasteiger partial charge in [0.2, 0.25) is 0 Å². The molecule has 0 saturated heterocycles. The average molecular weight is 505 g/mol. The highest BCUT2D eigenvalue weighted by Gasteiger charge is 2.43. The number of allylic oxidation sites excluding steroid dienone is 4. The lowest BCUT2D eigenvalue weighted by Gasteiger charge is -2.38. The summed E-state index contributed by atoms with van der Waals surface area (Å²) in [7, 11) is 0. The zero-order valence-electron chi connectivity index (χ0n) is 20.4. The Bertz CT molecular complexity index is 1380. The number of hydrogen-bond acceptors (Lipinski definition) is 8. The number of aromatic nitrogens is 1. The lowest BCUT2D eigenvalue weighted by atomic mass is 9.70. The quantitative estimate of drug-likeness (QED) is 0.508. The molecule has 8 nitrogen and oxygen atoms in total. The number of furan rings is 1. The van der Waals surface area contributed by atoms with Crippen molar-refractivity contribution in [3.63, 3.8) is 0 Å². The molecule has 0 radical (unpaired) electrons. The van der Waals surface area contributed by atoms with Gasteiger partial charge in [0.25, 0.3) is 0 Å². The molecular weight excluding hydrogens is 476 g/mol. The molecule has 36 heavy (non-hydrogen) atoms. The Morgan fingerprint density at radius 2 is 2.08 bits per heavy atom. The number of ether oxygens (including phenoxy) is 1. The predicted molar refractivity (Wildman–Crippen MR) is 138 cm³/mol. The molecule has 3 atom stereocenters. The van der Waals surface area contributed by atoms with Crippen LogP contribution in [-0.4, -0.2) is 40.6 Å². The van der Waals surface area contributed by atoms with Crippen LogP contribution in [0.15, 0.2) is 68.4 Å². The normalized spacial score (nSPS) is 25.5. The van der Waals surface area contributed by atoms with Gasteiger partial charge in [-0.3, -0.25) is 9.79 Å². The largest absolute Gasteiger partial charge is 0.461 e. The number of esters is 1. The van der Waals surface area contributed by atoms with Crippen LogP contribution in [0.3, 0.4) is 0 Å². The molecule has 3 N–H and O–H groups in total. The maximum absolute atomic E-state index is 13.4. The number of carbonyl (C=O) groups excluding carboxylic acids is 2. The maximum atomic E-state index is 13.4. The number of rotatable bonds is 4. The zero-order chi connectivity index (χ0) is 25.0. The summed E-state index contributed by atoms with van der Waals surface area (Å²) in [4.78, 5) is 33.9. The highest BCUT2D eigenvalue weighted by molar-refractivity contribution is 8.13. The minimum absolute atomic E-state index is 0.0935. The Labute approximate surface area is 213 Å². The summed E-state index contributed by atoms with van der Waals surface area (Å²) in [6.07, 6.45) is 11.1. The number of nitrogens with zero attached hydrogens (tertiary/aromatic N) is 1. The predicted octanol–water partition coefficient (Wildman–Crippen LogP) is 4.90. The molecular formula is C27H28N4O4S. The number of aliphatic imine (C=N–C) groups is 1. The summed E-state index contributed by atoms with van der Waals surface area (Å²) in [5.41, 5.74) is 3.18. The van der Waals surface area contributed by atoms with Crippen molar-refractivity contribution in [3.05, 3.63) is 70.9 Å². The monoisotopic (exact) mass is 504 g/mol. The lowest BCUT2D eigenvalue weighted by Crippen LogP contribution is -2.33. The van der Waals surface area contributed by atoms with Gasteiger partial charge in [-0.1, -0.05) is 38.2 Å². The van der Waals surface area contributed by atoms with Crippen LogP contribution < -0.4 is 10.6 Å². The van der Waals surface area contributed by atoms with Gasteiger partial charge < -0.3 is 24.8 Å². The van der Waals surface area contributed by atoms with Crippen LogP contribution in [0.1, 0.15) is 61.3 Å². The van der Waals surface area contributed by atoms with E-state index >= 15 is 0 Å². The van der Waals surface area contributed by atoms with Crippen molar-refractivity contribution in [2.24, 2.45) is 10.4 Å². The van der Waals surface area contributed by atoms with Crippen molar-refractivity contribution < 1.29 is 18.7 Å². The van der Waals surface area contributed by atoms with E-state index in [9.17, 15) is 9.59 Å². The van der Waals surface area contributed by atoms with E-state index in [1.165, 1.54) is 11.8 Å². The second kappa shape index (κ2) is 8.58. The third-order valence-corrected chi connectivity index (χ3v) is 7.77. The zero-order valence-corrected chi connectivity index (χ0v) is 21.2. The van der Waals surface area contributed by atoms with Crippen LogP contribution in [0.5, 0.6) is 0 Å². The van der Waals surface area contributed by atoms with Crippen molar-refractivity contribution >= 4 is 34.4 Å². The second-order valence-electron chi connectivity index (χ2n) is 10.2. The minimum Gasteiger partial charge on any atom is -0.461 e. The molecule has 0 amide bonds. The number of nitrogens with one attached hydrogen (secondary N) is 3. The molecule has 2 aliphatic heterocycles. The maximum Gasteiger partial charge on any atom is 0.356 e. The number of thioether (sulfide) groups is 1. The van der Waals surface area contributed by atoms with Gasteiger partial charge >= 0.3 is 5.97 Å². The highest BCUT2D eigenvalue weighted by Crippen LogP contribution is 2.50. The van der Waals surface area contributed by atoms with Gasteiger partial charge in [0.15, 0.2) is 16.0 Å². The van der Waals surface area contributed by atoms with Crippen LogP contribution in [0.4, 0.5) is 5.69 Å². The molecule has 4 aliphatic rings. The van der Waals surface area contributed by atoms with Crippen molar-refractivity contribution in [2.45, 2.75) is 56.7 Å². The molecule has 4 heterocycles. The van der Waals surface area contributed by atoms with Gasteiger partial charge in [0.05, 0.1) is 30.3 Å². The summed E-state index contributed by atoms with van der Waals surface area (Å²) < 4.78 is 11.6. The molecule has 9 heteroatoms. The first kappa shape index (κ1) is 23.0. The molecule has 0 aromatic carbocycles. The third-order valence-electron chi connectivity index (χ3n) is 6.93. The van der Waals surface area contributed by atoms with E-state index in [2.05, 4.69) is 41.6 Å². The van der Waals surface area contributed by atoms with E-state index < -0.39 is 11.9 Å². The average Bonchev–Trinajstić information content (AvgIpc) is 3.55. The molecule has 0 fully saturated rings. The van der Waals surface area contributed by atoms with Crippen LogP contribution in [-0.2, 0) is 9.53 Å². The number of carbonyl (C=O) groups is 2. The molecule has 2 aromatic rings. The van der Waals surface area contributed by atoms with Gasteiger partial charge in [-0.2, -0.15) is 0 Å². The van der Waals surface area contributed by atoms with Gasteiger partial charge in [0.1, 0.15) is 11.5 Å². The van der Waals surface area contributed by atoms with E-state index in [1.807, 2.05) is 24.3 Å². The summed E-state index contributed by atoms with van der Waals surface area (Å²) in [6, 6.07) is 4.08. The first-order valence-corrected chi connectivity index (χ1v) is 13.0. The molecule has 2 aliphatic carbocycles. The topological polar surface area (TPSA) is 109 Å². The molecule has 2 aromatic heterocycles. The van der Waals surface area contributed by atoms with E-state index in [0.717, 1.165) is 16.4 Å². The summed E-state index contributed by atoms with van der Waals surface area (Å²) in [5, 5.41) is 8.31. The molecule has 0 spiro atoms. The Morgan fingerprint density at radius 3 is 2.89 bits per heavy atom. The number of fused-ring (bicyclic) bond motifs is 2. The van der Waals surface area contributed by atoms with Crippen molar-refractivity contribution in [1.29, 1.82) is 0 Å². The Balaban J connectivity index is 1.36. The highest BCUT2D eigenvalue weighted by atomic mass is 32.2. The van der Waals surface area contributed by atoms with E-state index in [-0.39, 0.29) is 29.9 Å². The fourth-order valence-electron chi connectivity index (χ4n) is 5.41. The number of Topliss-reactive ketones (excluding diaryl/α,β-unsaturated/α-hetero) is 1. The van der Waals surface area contributed by atoms with Gasteiger partial charge in [-0.15, -0.1) is 0 Å². The Kier molecular flexibility index (Phi) is 5.48. The lowest BCUT2D eigenvalue weighted by molar-refractivity contribution is -0.118. The number of anilines is 1. The first-order chi connectivity index (χ1) is 17.3. The molecule has 186 valence electrons. The fourth-order valence-corrected chi connectivity index (χ4v) is 6.25. The van der Waals surface area contributed by atoms with Crippen LogP contribution in [0.25, 0.3) is 0 Å². The molecule has 0 saturated carbocycles. The number of H-pyrrole nitrogens is 1. The third kappa shape index (κ3) is 3.91.